The van der Waals surface area contributed by atoms with Gasteiger partial charge < -0.3 is 15.5 Å². The van der Waals surface area contributed by atoms with Crippen LogP contribution in [0.2, 0.25) is 0 Å². The Morgan fingerprint density at radius 3 is 2.75 bits per heavy atom. The number of hydrogen-bond acceptors (Lipinski definition) is 4. The van der Waals surface area contributed by atoms with E-state index in [1.54, 1.807) is 12.1 Å². The van der Waals surface area contributed by atoms with E-state index in [2.05, 4.69) is 5.32 Å². The van der Waals surface area contributed by atoms with Gasteiger partial charge in [0.2, 0.25) is 0 Å². The number of benzene rings is 1. The molecule has 1 amide bonds. The summed E-state index contributed by atoms with van der Waals surface area (Å²) < 4.78 is 13.7. The van der Waals surface area contributed by atoms with Crippen molar-refractivity contribution in [1.82, 2.24) is 5.32 Å². The molecule has 1 atom stereocenters. The van der Waals surface area contributed by atoms with Crippen LogP contribution < -0.4 is 5.32 Å². The van der Waals surface area contributed by atoms with Crippen LogP contribution in [0, 0.1) is 5.82 Å². The number of fused-ring (bicyclic) bond motifs is 1. The molecule has 0 spiro atoms. The minimum absolute atomic E-state index is 0.326. The molecule has 0 bridgehead atoms. The molecule has 0 aliphatic carbocycles. The first kappa shape index (κ1) is 14.4. The zero-order valence-electron chi connectivity index (χ0n) is 10.5. The number of rotatable bonds is 4. The van der Waals surface area contributed by atoms with Crippen molar-refractivity contribution in [2.45, 2.75) is 12.5 Å². The average Bonchev–Trinajstić information content (AvgIpc) is 2.78. The first-order valence-electron chi connectivity index (χ1n) is 5.73. The van der Waals surface area contributed by atoms with Crippen molar-refractivity contribution in [1.29, 1.82) is 0 Å². The molecule has 20 heavy (non-hydrogen) atoms. The van der Waals surface area contributed by atoms with Crippen molar-refractivity contribution in [3.05, 3.63) is 35.0 Å². The molecule has 0 aliphatic heterocycles. The van der Waals surface area contributed by atoms with E-state index < -0.39 is 24.0 Å². The zero-order valence-corrected chi connectivity index (χ0v) is 11.3. The smallest absolute Gasteiger partial charge is 0.337 e. The molecule has 0 saturated heterocycles. The Hall–Kier alpha value is -1.99. The van der Waals surface area contributed by atoms with E-state index in [-0.39, 0.29) is 5.82 Å². The van der Waals surface area contributed by atoms with Crippen LogP contribution >= 0.6 is 11.3 Å². The van der Waals surface area contributed by atoms with Crippen molar-refractivity contribution >= 4 is 33.3 Å². The lowest BCUT2D eigenvalue weighted by Crippen LogP contribution is -2.46. The molecule has 1 aromatic carbocycles. The molecule has 0 saturated carbocycles. The Labute approximate surface area is 117 Å². The molecule has 2 aromatic rings. The van der Waals surface area contributed by atoms with Crippen LogP contribution in [-0.4, -0.2) is 34.2 Å². The van der Waals surface area contributed by atoms with Crippen LogP contribution in [0.15, 0.2) is 24.3 Å². The van der Waals surface area contributed by atoms with E-state index in [4.69, 9.17) is 5.11 Å². The number of amides is 1. The minimum atomic E-state index is -2.03. The summed E-state index contributed by atoms with van der Waals surface area (Å²) in [4.78, 5) is 22.9. The van der Waals surface area contributed by atoms with Crippen molar-refractivity contribution in [2.24, 2.45) is 0 Å². The van der Waals surface area contributed by atoms with Gasteiger partial charge in [-0.3, -0.25) is 4.79 Å². The average molecular weight is 297 g/mol. The highest BCUT2D eigenvalue weighted by molar-refractivity contribution is 7.20. The molecule has 106 valence electrons. The molecule has 3 N–H and O–H groups in total. The number of aliphatic carboxylic acids is 1. The maximum Gasteiger partial charge on any atom is 0.337 e. The van der Waals surface area contributed by atoms with E-state index in [9.17, 15) is 19.1 Å². The van der Waals surface area contributed by atoms with Crippen molar-refractivity contribution in [3.63, 3.8) is 0 Å². The van der Waals surface area contributed by atoms with Crippen LogP contribution in [0.3, 0.4) is 0 Å². The fourth-order valence-electron chi connectivity index (χ4n) is 1.53. The van der Waals surface area contributed by atoms with Crippen LogP contribution in [0.5, 0.6) is 0 Å². The molecular weight excluding hydrogens is 285 g/mol. The summed E-state index contributed by atoms with van der Waals surface area (Å²) in [6.07, 6.45) is 0. The molecule has 5 nitrogen and oxygen atoms in total. The van der Waals surface area contributed by atoms with Gasteiger partial charge in [0.1, 0.15) is 5.82 Å². The fourth-order valence-corrected chi connectivity index (χ4v) is 2.54. The van der Waals surface area contributed by atoms with Crippen LogP contribution in [0.4, 0.5) is 4.39 Å². The molecular formula is C13H12FNO4S. The largest absolute Gasteiger partial charge is 0.479 e. The maximum absolute atomic E-state index is 13.0. The van der Waals surface area contributed by atoms with Crippen LogP contribution in [-0.2, 0) is 4.79 Å². The van der Waals surface area contributed by atoms with Crippen molar-refractivity contribution < 1.29 is 24.2 Å². The number of nitrogens with one attached hydrogen (secondary N) is 1. The number of halogens is 1. The summed E-state index contributed by atoms with van der Waals surface area (Å²) in [6, 6.07) is 5.77. The molecule has 2 rings (SSSR count). The van der Waals surface area contributed by atoms with Crippen LogP contribution in [0.25, 0.3) is 10.1 Å². The monoisotopic (exact) mass is 297 g/mol. The Bertz CT molecular complexity index is 680. The Morgan fingerprint density at radius 1 is 1.40 bits per heavy atom. The van der Waals surface area contributed by atoms with Gasteiger partial charge in [0.15, 0.2) is 5.60 Å². The van der Waals surface area contributed by atoms with Gasteiger partial charge >= 0.3 is 5.97 Å². The van der Waals surface area contributed by atoms with E-state index in [1.807, 2.05) is 0 Å². The van der Waals surface area contributed by atoms with Crippen LogP contribution in [0.1, 0.15) is 16.6 Å². The lowest BCUT2D eigenvalue weighted by atomic mass is 10.1. The predicted octanol–water partition coefficient (Wildman–Crippen LogP) is 1.61. The quantitative estimate of drug-likeness (QED) is 0.800. The van der Waals surface area contributed by atoms with Crippen molar-refractivity contribution in [2.75, 3.05) is 6.54 Å². The third kappa shape index (κ3) is 2.94. The fraction of sp³-hybridized carbons (Fsp3) is 0.231. The Kier molecular flexibility index (Phi) is 3.74. The number of thiophene rings is 1. The number of carboxylic acid groups (broad SMARTS) is 1. The van der Waals surface area contributed by atoms with Crippen molar-refractivity contribution in [3.8, 4) is 0 Å². The van der Waals surface area contributed by atoms with E-state index in [0.29, 0.717) is 9.58 Å². The van der Waals surface area contributed by atoms with Gasteiger partial charge in [0.05, 0.1) is 11.4 Å². The lowest BCUT2D eigenvalue weighted by molar-refractivity contribution is -0.155. The predicted molar refractivity (Wildman–Crippen MR) is 72.4 cm³/mol. The highest BCUT2D eigenvalue weighted by Crippen LogP contribution is 2.26. The molecule has 0 aliphatic rings. The van der Waals surface area contributed by atoms with E-state index >= 15 is 0 Å². The summed E-state index contributed by atoms with van der Waals surface area (Å²) in [5.74, 6) is -2.32. The summed E-state index contributed by atoms with van der Waals surface area (Å²) in [5.41, 5.74) is -2.03. The zero-order chi connectivity index (χ0) is 14.9. The molecule has 1 unspecified atom stereocenters. The van der Waals surface area contributed by atoms with Gasteiger partial charge in [-0.1, -0.05) is 6.07 Å². The topological polar surface area (TPSA) is 86.6 Å². The lowest BCUT2D eigenvalue weighted by Gasteiger charge is -2.17. The molecule has 0 fully saturated rings. The van der Waals surface area contributed by atoms with Gasteiger partial charge in [0, 0.05) is 4.70 Å². The second kappa shape index (κ2) is 5.18. The first-order chi connectivity index (χ1) is 9.29. The normalized spacial score (nSPS) is 13.9. The summed E-state index contributed by atoms with van der Waals surface area (Å²) in [6.45, 7) is 0.680. The van der Waals surface area contributed by atoms with Gasteiger partial charge in [-0.05, 0) is 30.5 Å². The maximum atomic E-state index is 13.0. The molecule has 1 heterocycles. The Morgan fingerprint density at radius 2 is 2.10 bits per heavy atom. The minimum Gasteiger partial charge on any atom is -0.479 e. The number of carbonyl (C=O) groups is 2. The SMILES string of the molecule is CC(O)(CNC(=O)c1cc2ccc(F)cc2s1)C(=O)O. The van der Waals surface area contributed by atoms with Gasteiger partial charge in [-0.25, -0.2) is 9.18 Å². The molecule has 0 radical (unpaired) electrons. The summed E-state index contributed by atoms with van der Waals surface area (Å²) in [7, 11) is 0. The third-order valence-electron chi connectivity index (χ3n) is 2.76. The Balaban J connectivity index is 2.14. The van der Waals surface area contributed by atoms with E-state index in [1.165, 1.54) is 12.1 Å². The highest BCUT2D eigenvalue weighted by Gasteiger charge is 2.30. The highest BCUT2D eigenvalue weighted by atomic mass is 32.1. The summed E-state index contributed by atoms with van der Waals surface area (Å²) >= 11 is 1.10. The second-order valence-corrected chi connectivity index (χ2v) is 5.64. The second-order valence-electron chi connectivity index (χ2n) is 4.55. The van der Waals surface area contributed by atoms with Gasteiger partial charge in [-0.15, -0.1) is 11.3 Å². The first-order valence-corrected chi connectivity index (χ1v) is 6.54. The molecule has 7 heteroatoms. The third-order valence-corrected chi connectivity index (χ3v) is 3.86. The molecule has 1 aromatic heterocycles. The number of carboxylic acids is 1. The number of hydrogen-bond donors (Lipinski definition) is 3. The van der Waals surface area contributed by atoms with Gasteiger partial charge in [0.25, 0.3) is 5.91 Å². The van der Waals surface area contributed by atoms with Gasteiger partial charge in [-0.2, -0.15) is 0 Å². The number of carbonyl (C=O) groups excluding carboxylic acids is 1. The summed E-state index contributed by atoms with van der Waals surface area (Å²) in [5, 5.41) is 21.3. The standard InChI is InChI=1S/C13H12FNO4S/c1-13(19,12(17)18)6-15-11(16)10-4-7-2-3-8(14)5-9(7)20-10/h2-5,19H,6H2,1H3,(H,15,16)(H,17,18). The number of aliphatic hydroxyl groups is 1. The van der Waals surface area contributed by atoms with E-state index in [0.717, 1.165) is 23.6 Å².